The Bertz CT molecular complexity index is 291. The van der Waals surface area contributed by atoms with Crippen molar-refractivity contribution in [2.75, 3.05) is 31.1 Å². The van der Waals surface area contributed by atoms with Crippen LogP contribution in [0.15, 0.2) is 0 Å². The molecule has 18 heavy (non-hydrogen) atoms. The highest BCUT2D eigenvalue weighted by molar-refractivity contribution is 7.99. The van der Waals surface area contributed by atoms with Crippen molar-refractivity contribution in [1.82, 2.24) is 10.2 Å². The molecule has 0 bridgehead atoms. The third kappa shape index (κ3) is 3.66. The van der Waals surface area contributed by atoms with E-state index in [-0.39, 0.29) is 0 Å². The number of hydrogen-bond donors (Lipinski definition) is 1. The molecule has 0 amide bonds. The van der Waals surface area contributed by atoms with Crippen molar-refractivity contribution in [1.29, 1.82) is 0 Å². The minimum Gasteiger partial charge on any atom is -0.308 e. The first-order chi connectivity index (χ1) is 8.76. The van der Waals surface area contributed by atoms with Gasteiger partial charge in [0.25, 0.3) is 0 Å². The van der Waals surface area contributed by atoms with E-state index in [1.54, 1.807) is 0 Å². The average molecular weight is 266 g/mol. The van der Waals surface area contributed by atoms with E-state index in [9.17, 15) is 0 Å². The molecule has 1 spiro atoms. The van der Waals surface area contributed by atoms with Gasteiger partial charge in [0.05, 0.1) is 5.75 Å². The van der Waals surface area contributed by atoms with Gasteiger partial charge in [-0.25, -0.2) is 0 Å². The monoisotopic (exact) mass is 266 g/mol. The lowest BCUT2D eigenvalue weighted by Crippen LogP contribution is -2.64. The van der Waals surface area contributed by atoms with Gasteiger partial charge in [0.2, 0.25) is 0 Å². The molecule has 1 atom stereocenters. The van der Waals surface area contributed by atoms with Crippen LogP contribution < -0.4 is 5.32 Å². The fourth-order valence-electron chi connectivity index (χ4n) is 3.27. The molecule has 2 aliphatic rings. The summed E-state index contributed by atoms with van der Waals surface area (Å²) in [6.45, 7) is 5.93. The highest BCUT2D eigenvalue weighted by Gasteiger charge is 2.38. The summed E-state index contributed by atoms with van der Waals surface area (Å²) in [5.74, 6) is 4.73. The first-order valence-corrected chi connectivity index (χ1v) is 8.41. The van der Waals surface area contributed by atoms with Crippen molar-refractivity contribution in [3.8, 4) is 12.3 Å². The van der Waals surface area contributed by atoms with Crippen LogP contribution in [0.3, 0.4) is 0 Å². The van der Waals surface area contributed by atoms with E-state index >= 15 is 0 Å². The molecule has 1 N–H and O–H groups in total. The van der Waals surface area contributed by atoms with E-state index in [2.05, 4.69) is 23.1 Å². The standard InChI is InChI=1S/C15H26N2S/c1-3-10-18-11-9-17-13-15(16-12-14(17)2)7-5-4-6-8-15/h1,14,16H,4-13H2,2H3. The third-order valence-electron chi connectivity index (χ3n) is 4.42. The number of rotatable bonds is 4. The predicted octanol–water partition coefficient (Wildman–Crippen LogP) is 2.35. The molecule has 0 aromatic heterocycles. The van der Waals surface area contributed by atoms with Crippen LogP contribution in [0, 0.1) is 12.3 Å². The second-order valence-electron chi connectivity index (χ2n) is 5.80. The van der Waals surface area contributed by atoms with Crippen LogP contribution in [0.25, 0.3) is 0 Å². The molecular formula is C15H26N2S. The van der Waals surface area contributed by atoms with Gasteiger partial charge in [0.1, 0.15) is 0 Å². The molecule has 1 aliphatic carbocycles. The maximum Gasteiger partial charge on any atom is 0.0545 e. The zero-order valence-electron chi connectivity index (χ0n) is 11.6. The molecule has 3 heteroatoms. The van der Waals surface area contributed by atoms with Crippen molar-refractivity contribution < 1.29 is 0 Å². The van der Waals surface area contributed by atoms with Gasteiger partial charge in [0, 0.05) is 37.0 Å². The molecule has 1 aliphatic heterocycles. The Kier molecular flexibility index (Phi) is 5.41. The molecule has 0 radical (unpaired) electrons. The second kappa shape index (κ2) is 6.84. The van der Waals surface area contributed by atoms with Gasteiger partial charge >= 0.3 is 0 Å². The van der Waals surface area contributed by atoms with Gasteiger partial charge in [-0.15, -0.1) is 18.2 Å². The number of nitrogens with zero attached hydrogens (tertiary/aromatic N) is 1. The summed E-state index contributed by atoms with van der Waals surface area (Å²) in [5, 5.41) is 3.83. The number of nitrogens with one attached hydrogen (secondary N) is 1. The van der Waals surface area contributed by atoms with Crippen LogP contribution in [0.1, 0.15) is 39.0 Å². The zero-order chi connectivity index (χ0) is 12.8. The summed E-state index contributed by atoms with van der Waals surface area (Å²) < 4.78 is 0. The van der Waals surface area contributed by atoms with Crippen LogP contribution in [-0.2, 0) is 0 Å². The summed E-state index contributed by atoms with van der Waals surface area (Å²) in [5.41, 5.74) is 0.432. The van der Waals surface area contributed by atoms with Gasteiger partial charge < -0.3 is 5.32 Å². The highest BCUT2D eigenvalue weighted by atomic mass is 32.2. The average Bonchev–Trinajstić information content (AvgIpc) is 2.40. The minimum absolute atomic E-state index is 0.432. The van der Waals surface area contributed by atoms with Crippen molar-refractivity contribution in [2.45, 2.75) is 50.6 Å². The van der Waals surface area contributed by atoms with Gasteiger partial charge in [-0.1, -0.05) is 25.2 Å². The fourth-order valence-corrected chi connectivity index (χ4v) is 3.90. The smallest absolute Gasteiger partial charge is 0.0545 e. The molecule has 1 saturated carbocycles. The Morgan fingerprint density at radius 1 is 1.39 bits per heavy atom. The van der Waals surface area contributed by atoms with Gasteiger partial charge in [-0.05, 0) is 19.8 Å². The molecule has 0 aromatic carbocycles. The molecule has 2 nitrogen and oxygen atoms in total. The van der Waals surface area contributed by atoms with E-state index in [4.69, 9.17) is 6.42 Å². The van der Waals surface area contributed by atoms with Crippen LogP contribution in [0.2, 0.25) is 0 Å². The van der Waals surface area contributed by atoms with Gasteiger partial charge in [-0.3, -0.25) is 4.90 Å². The van der Waals surface area contributed by atoms with Crippen molar-refractivity contribution in [3.05, 3.63) is 0 Å². The maximum atomic E-state index is 5.29. The van der Waals surface area contributed by atoms with Crippen molar-refractivity contribution in [3.63, 3.8) is 0 Å². The Morgan fingerprint density at radius 2 is 2.17 bits per heavy atom. The number of piperazine rings is 1. The van der Waals surface area contributed by atoms with Crippen molar-refractivity contribution in [2.24, 2.45) is 0 Å². The van der Waals surface area contributed by atoms with Crippen molar-refractivity contribution >= 4 is 11.8 Å². The SMILES string of the molecule is C#CCSCCN1CC2(CCCCC2)NCC1C. The topological polar surface area (TPSA) is 15.3 Å². The van der Waals surface area contributed by atoms with E-state index in [0.29, 0.717) is 11.6 Å². The lowest BCUT2D eigenvalue weighted by Gasteiger charge is -2.49. The number of hydrogen-bond acceptors (Lipinski definition) is 3. The predicted molar refractivity (Wildman–Crippen MR) is 81.0 cm³/mol. The van der Waals surface area contributed by atoms with E-state index in [1.807, 2.05) is 11.8 Å². The molecule has 2 rings (SSSR count). The summed E-state index contributed by atoms with van der Waals surface area (Å²) in [7, 11) is 0. The Morgan fingerprint density at radius 3 is 2.89 bits per heavy atom. The lowest BCUT2D eigenvalue weighted by molar-refractivity contribution is 0.0679. The van der Waals surface area contributed by atoms with Gasteiger partial charge in [0.15, 0.2) is 0 Å². The van der Waals surface area contributed by atoms with Crippen LogP contribution in [0.4, 0.5) is 0 Å². The van der Waals surface area contributed by atoms with E-state index in [1.165, 1.54) is 50.9 Å². The maximum absolute atomic E-state index is 5.29. The molecular weight excluding hydrogens is 240 g/mol. The molecule has 1 saturated heterocycles. The summed E-state index contributed by atoms with van der Waals surface area (Å²) in [4.78, 5) is 2.67. The second-order valence-corrected chi connectivity index (χ2v) is 6.90. The zero-order valence-corrected chi connectivity index (χ0v) is 12.4. The summed E-state index contributed by atoms with van der Waals surface area (Å²) >= 11 is 1.89. The molecule has 2 fully saturated rings. The Labute approximate surface area is 116 Å². The van der Waals surface area contributed by atoms with E-state index < -0.39 is 0 Å². The summed E-state index contributed by atoms with van der Waals surface area (Å²) in [6.07, 6.45) is 12.3. The Balaban J connectivity index is 1.82. The normalized spacial score (nSPS) is 28.1. The highest BCUT2D eigenvalue weighted by Crippen LogP contribution is 2.31. The third-order valence-corrected chi connectivity index (χ3v) is 5.26. The fraction of sp³-hybridized carbons (Fsp3) is 0.867. The minimum atomic E-state index is 0.432. The molecule has 102 valence electrons. The van der Waals surface area contributed by atoms with Crippen LogP contribution in [-0.4, -0.2) is 47.6 Å². The largest absolute Gasteiger partial charge is 0.308 e. The molecule has 0 aromatic rings. The Hall–Kier alpha value is -0.170. The van der Waals surface area contributed by atoms with E-state index in [0.717, 1.165) is 12.3 Å². The molecule has 1 heterocycles. The van der Waals surface area contributed by atoms with Crippen LogP contribution >= 0.6 is 11.8 Å². The number of thioether (sulfide) groups is 1. The van der Waals surface area contributed by atoms with Gasteiger partial charge in [-0.2, -0.15) is 0 Å². The quantitative estimate of drug-likeness (QED) is 0.621. The summed E-state index contributed by atoms with van der Waals surface area (Å²) in [6, 6.07) is 0.670. The first kappa shape index (κ1) is 14.2. The van der Waals surface area contributed by atoms with Crippen LogP contribution in [0.5, 0.6) is 0 Å². The first-order valence-electron chi connectivity index (χ1n) is 7.26. The number of terminal acetylenes is 1. The lowest BCUT2D eigenvalue weighted by atomic mass is 9.79. The molecule has 1 unspecified atom stereocenters.